The number of aromatic nitrogens is 4. The SMILES string of the molecule is CCN(Cc1ccc(Cl)cc1)C(=O)C(Cc1ccc(F)cc1)n1nnnc1C. The zero-order valence-electron chi connectivity index (χ0n) is 15.7. The number of halogens is 2. The van der Waals surface area contributed by atoms with Crippen LogP contribution >= 0.6 is 11.6 Å². The van der Waals surface area contributed by atoms with E-state index in [1.807, 2.05) is 19.1 Å². The van der Waals surface area contributed by atoms with Gasteiger partial charge in [-0.25, -0.2) is 9.07 Å². The summed E-state index contributed by atoms with van der Waals surface area (Å²) in [6, 6.07) is 12.9. The Hall–Kier alpha value is -2.80. The third-order valence-corrected chi connectivity index (χ3v) is 4.81. The molecule has 0 saturated heterocycles. The molecule has 1 aromatic heterocycles. The average Bonchev–Trinajstić information content (AvgIpc) is 3.12. The minimum absolute atomic E-state index is 0.0998. The number of rotatable bonds is 7. The van der Waals surface area contributed by atoms with Gasteiger partial charge < -0.3 is 4.90 Å². The van der Waals surface area contributed by atoms with Crippen LogP contribution in [0.25, 0.3) is 0 Å². The number of nitrogens with zero attached hydrogens (tertiary/aromatic N) is 5. The Morgan fingerprint density at radius 3 is 2.36 bits per heavy atom. The van der Waals surface area contributed by atoms with E-state index in [0.29, 0.717) is 30.4 Å². The highest BCUT2D eigenvalue weighted by Gasteiger charge is 2.28. The molecule has 0 spiro atoms. The van der Waals surface area contributed by atoms with Gasteiger partial charge in [0.1, 0.15) is 17.7 Å². The van der Waals surface area contributed by atoms with Crippen LogP contribution in [0.3, 0.4) is 0 Å². The monoisotopic (exact) mass is 401 g/mol. The summed E-state index contributed by atoms with van der Waals surface area (Å²) in [7, 11) is 0. The molecule has 2 aromatic carbocycles. The molecular formula is C20H21ClFN5O. The molecule has 8 heteroatoms. The Balaban J connectivity index is 1.86. The number of carbonyl (C=O) groups excluding carboxylic acids is 1. The topological polar surface area (TPSA) is 63.9 Å². The lowest BCUT2D eigenvalue weighted by atomic mass is 10.0. The number of hydrogen-bond acceptors (Lipinski definition) is 4. The van der Waals surface area contributed by atoms with E-state index in [9.17, 15) is 9.18 Å². The molecule has 0 aliphatic rings. The molecule has 1 atom stereocenters. The molecule has 0 N–H and O–H groups in total. The summed E-state index contributed by atoms with van der Waals surface area (Å²) in [5.41, 5.74) is 1.81. The van der Waals surface area contributed by atoms with Gasteiger partial charge >= 0.3 is 0 Å². The summed E-state index contributed by atoms with van der Waals surface area (Å²) < 4.78 is 14.8. The first-order valence-corrected chi connectivity index (χ1v) is 9.38. The summed E-state index contributed by atoms with van der Waals surface area (Å²) >= 11 is 5.95. The normalized spacial score (nSPS) is 12.0. The molecule has 1 unspecified atom stereocenters. The first-order chi connectivity index (χ1) is 13.5. The number of tetrazole rings is 1. The molecule has 0 aliphatic heterocycles. The van der Waals surface area contributed by atoms with Gasteiger partial charge in [-0.2, -0.15) is 0 Å². The number of aryl methyl sites for hydroxylation is 1. The minimum atomic E-state index is -0.618. The predicted octanol–water partition coefficient (Wildman–Crippen LogP) is 3.61. The van der Waals surface area contributed by atoms with Crippen molar-refractivity contribution in [2.24, 2.45) is 0 Å². The molecule has 1 heterocycles. The minimum Gasteiger partial charge on any atom is -0.337 e. The Morgan fingerprint density at radius 2 is 1.79 bits per heavy atom. The highest BCUT2D eigenvalue weighted by molar-refractivity contribution is 6.30. The van der Waals surface area contributed by atoms with Crippen molar-refractivity contribution >= 4 is 17.5 Å². The number of hydrogen-bond donors (Lipinski definition) is 0. The van der Waals surface area contributed by atoms with Crippen molar-refractivity contribution in [1.82, 2.24) is 25.1 Å². The molecule has 0 saturated carbocycles. The molecule has 6 nitrogen and oxygen atoms in total. The van der Waals surface area contributed by atoms with Gasteiger partial charge in [0.15, 0.2) is 0 Å². The first kappa shape index (κ1) is 19.9. The van der Waals surface area contributed by atoms with Gasteiger partial charge in [-0.05, 0) is 59.7 Å². The number of amides is 1. The maximum absolute atomic E-state index is 13.4. The maximum Gasteiger partial charge on any atom is 0.248 e. The second-order valence-electron chi connectivity index (χ2n) is 6.50. The number of likely N-dealkylation sites (N-methyl/N-ethyl adjacent to an activating group) is 1. The van der Waals surface area contributed by atoms with Gasteiger partial charge in [0.05, 0.1) is 0 Å². The Bertz CT molecular complexity index is 927. The van der Waals surface area contributed by atoms with Gasteiger partial charge in [0, 0.05) is 24.5 Å². The van der Waals surface area contributed by atoms with Crippen LogP contribution in [0.15, 0.2) is 48.5 Å². The number of benzene rings is 2. The van der Waals surface area contributed by atoms with E-state index in [1.165, 1.54) is 16.8 Å². The van der Waals surface area contributed by atoms with Gasteiger partial charge in [-0.1, -0.05) is 35.9 Å². The van der Waals surface area contributed by atoms with Crippen LogP contribution in [-0.2, 0) is 17.8 Å². The summed E-state index contributed by atoms with van der Waals surface area (Å²) in [5, 5.41) is 12.2. The van der Waals surface area contributed by atoms with Crippen LogP contribution < -0.4 is 0 Å². The summed E-state index contributed by atoms with van der Waals surface area (Å²) in [6.07, 6.45) is 0.363. The molecule has 0 fully saturated rings. The van der Waals surface area contributed by atoms with E-state index >= 15 is 0 Å². The summed E-state index contributed by atoms with van der Waals surface area (Å²) in [4.78, 5) is 15.1. The lowest BCUT2D eigenvalue weighted by Gasteiger charge is -2.27. The fraction of sp³-hybridized carbons (Fsp3) is 0.300. The van der Waals surface area contributed by atoms with Gasteiger partial charge in [0.25, 0.3) is 0 Å². The van der Waals surface area contributed by atoms with E-state index in [1.54, 1.807) is 36.1 Å². The first-order valence-electron chi connectivity index (χ1n) is 9.00. The standard InChI is InChI=1S/C20H21ClFN5O/c1-3-26(13-16-4-8-17(21)9-5-16)20(28)19(27-14(2)23-24-25-27)12-15-6-10-18(22)11-7-15/h4-11,19H,3,12-13H2,1-2H3. The summed E-state index contributed by atoms with van der Waals surface area (Å²) in [5.74, 6) is 0.128. The van der Waals surface area contributed by atoms with Crippen molar-refractivity contribution < 1.29 is 9.18 Å². The zero-order valence-corrected chi connectivity index (χ0v) is 16.5. The number of carbonyl (C=O) groups is 1. The molecular weight excluding hydrogens is 381 g/mol. The van der Waals surface area contributed by atoms with Crippen LogP contribution in [0.4, 0.5) is 4.39 Å². The molecule has 3 aromatic rings. The fourth-order valence-corrected chi connectivity index (χ4v) is 3.14. The van der Waals surface area contributed by atoms with Crippen molar-refractivity contribution in [2.45, 2.75) is 32.9 Å². The second-order valence-corrected chi connectivity index (χ2v) is 6.93. The molecule has 28 heavy (non-hydrogen) atoms. The largest absolute Gasteiger partial charge is 0.337 e. The van der Waals surface area contributed by atoms with Gasteiger partial charge in [0.2, 0.25) is 5.91 Å². The van der Waals surface area contributed by atoms with Crippen LogP contribution in [0.1, 0.15) is 29.9 Å². The summed E-state index contributed by atoms with van der Waals surface area (Å²) in [6.45, 7) is 4.66. The lowest BCUT2D eigenvalue weighted by molar-refractivity contribution is -0.135. The van der Waals surface area contributed by atoms with E-state index in [-0.39, 0.29) is 11.7 Å². The zero-order chi connectivity index (χ0) is 20.1. The molecule has 0 aliphatic carbocycles. The van der Waals surface area contributed by atoms with E-state index in [4.69, 9.17) is 11.6 Å². The second kappa shape index (κ2) is 8.93. The van der Waals surface area contributed by atoms with Crippen LogP contribution in [0, 0.1) is 12.7 Å². The molecule has 1 amide bonds. The van der Waals surface area contributed by atoms with Crippen LogP contribution in [-0.4, -0.2) is 37.6 Å². The predicted molar refractivity (Wildman–Crippen MR) is 104 cm³/mol. The average molecular weight is 402 g/mol. The van der Waals surface area contributed by atoms with Crippen molar-refractivity contribution in [3.8, 4) is 0 Å². The maximum atomic E-state index is 13.4. The van der Waals surface area contributed by atoms with Crippen molar-refractivity contribution in [1.29, 1.82) is 0 Å². The smallest absolute Gasteiger partial charge is 0.248 e. The third kappa shape index (κ3) is 4.72. The Kier molecular flexibility index (Phi) is 6.36. The quantitative estimate of drug-likeness (QED) is 0.606. The highest BCUT2D eigenvalue weighted by Crippen LogP contribution is 2.20. The van der Waals surface area contributed by atoms with Crippen molar-refractivity contribution in [3.05, 3.63) is 76.3 Å². The molecule has 146 valence electrons. The molecule has 0 radical (unpaired) electrons. The van der Waals surface area contributed by atoms with Crippen molar-refractivity contribution in [2.75, 3.05) is 6.54 Å². The van der Waals surface area contributed by atoms with E-state index in [2.05, 4.69) is 15.5 Å². The van der Waals surface area contributed by atoms with Crippen LogP contribution in [0.5, 0.6) is 0 Å². The molecule has 0 bridgehead atoms. The van der Waals surface area contributed by atoms with Gasteiger partial charge in [-0.15, -0.1) is 5.10 Å². The highest BCUT2D eigenvalue weighted by atomic mass is 35.5. The third-order valence-electron chi connectivity index (χ3n) is 4.56. The van der Waals surface area contributed by atoms with E-state index in [0.717, 1.165) is 11.1 Å². The lowest BCUT2D eigenvalue weighted by Crippen LogP contribution is -2.38. The Morgan fingerprint density at radius 1 is 1.14 bits per heavy atom. The van der Waals surface area contributed by atoms with Crippen LogP contribution in [0.2, 0.25) is 5.02 Å². The van der Waals surface area contributed by atoms with E-state index < -0.39 is 6.04 Å². The molecule has 3 rings (SSSR count). The Labute approximate surface area is 167 Å². The van der Waals surface area contributed by atoms with Crippen molar-refractivity contribution in [3.63, 3.8) is 0 Å². The fourth-order valence-electron chi connectivity index (χ4n) is 3.01. The van der Waals surface area contributed by atoms with Gasteiger partial charge in [-0.3, -0.25) is 4.79 Å².